The number of hydrogen-bond acceptors (Lipinski definition) is 3. The molecule has 116 valence electrons. The minimum Gasteiger partial charge on any atom is -0.508 e. The molecule has 1 aromatic rings. The van der Waals surface area contributed by atoms with Gasteiger partial charge in [-0.3, -0.25) is 0 Å². The van der Waals surface area contributed by atoms with E-state index in [2.05, 4.69) is 5.32 Å². The van der Waals surface area contributed by atoms with Crippen LogP contribution in [-0.2, 0) is 11.2 Å². The lowest BCUT2D eigenvalue weighted by atomic mass is 10.1. The average Bonchev–Trinajstić information content (AvgIpc) is 2.39. The summed E-state index contributed by atoms with van der Waals surface area (Å²) in [6, 6.07) is 3.67. The zero-order valence-corrected chi connectivity index (χ0v) is 11.3. The second-order valence-electron chi connectivity index (χ2n) is 4.48. The smallest absolute Gasteiger partial charge is 0.326 e. The zero-order chi connectivity index (χ0) is 16.0. The van der Waals surface area contributed by atoms with Crippen molar-refractivity contribution in [1.29, 1.82) is 0 Å². The van der Waals surface area contributed by atoms with E-state index in [4.69, 9.17) is 10.2 Å². The number of benzene rings is 1. The molecule has 0 saturated heterocycles. The summed E-state index contributed by atoms with van der Waals surface area (Å²) in [6.45, 7) is -0.780. The SMILES string of the molecule is CN(CC(F)F)C(=O)N[C@@H](Cc1ccc(O)cc1)C(=O)O. The van der Waals surface area contributed by atoms with Gasteiger partial charge in [0.15, 0.2) is 0 Å². The molecule has 0 aliphatic carbocycles. The highest BCUT2D eigenvalue weighted by atomic mass is 19.3. The van der Waals surface area contributed by atoms with Gasteiger partial charge in [0.25, 0.3) is 6.43 Å². The third-order valence-corrected chi connectivity index (χ3v) is 2.73. The summed E-state index contributed by atoms with van der Waals surface area (Å²) in [5.41, 5.74) is 0.581. The van der Waals surface area contributed by atoms with Crippen molar-refractivity contribution in [2.45, 2.75) is 18.9 Å². The van der Waals surface area contributed by atoms with Gasteiger partial charge >= 0.3 is 12.0 Å². The number of phenolic OH excluding ortho intramolecular Hbond substituents is 1. The standard InChI is InChI=1S/C13H16F2N2O4/c1-17(7-11(14)15)13(21)16-10(12(19)20)6-8-2-4-9(18)5-3-8/h2-5,10-11,18H,6-7H2,1H3,(H,16,21)(H,19,20)/t10-/m0/s1. The molecule has 1 atom stereocenters. The van der Waals surface area contributed by atoms with Gasteiger partial charge in [0, 0.05) is 13.5 Å². The summed E-state index contributed by atoms with van der Waals surface area (Å²) < 4.78 is 24.3. The number of nitrogens with one attached hydrogen (secondary N) is 1. The minimum atomic E-state index is -2.69. The van der Waals surface area contributed by atoms with Crippen molar-refractivity contribution in [3.63, 3.8) is 0 Å². The molecule has 0 spiro atoms. The number of rotatable bonds is 6. The van der Waals surface area contributed by atoms with E-state index in [9.17, 15) is 18.4 Å². The first-order valence-corrected chi connectivity index (χ1v) is 6.10. The van der Waals surface area contributed by atoms with Crippen molar-refractivity contribution in [3.05, 3.63) is 29.8 Å². The molecule has 0 aliphatic rings. The maximum Gasteiger partial charge on any atom is 0.326 e. The number of carboxylic acids is 1. The molecule has 0 saturated carbocycles. The number of carboxylic acid groups (broad SMARTS) is 1. The van der Waals surface area contributed by atoms with Gasteiger partial charge < -0.3 is 20.4 Å². The van der Waals surface area contributed by atoms with Crippen molar-refractivity contribution in [2.24, 2.45) is 0 Å². The largest absolute Gasteiger partial charge is 0.508 e. The summed E-state index contributed by atoms with van der Waals surface area (Å²) in [5.74, 6) is -1.24. The molecule has 0 aromatic heterocycles. The number of carbonyl (C=O) groups is 2. The van der Waals surface area contributed by atoms with E-state index in [0.29, 0.717) is 5.56 Å². The van der Waals surface area contributed by atoms with Gasteiger partial charge in [0.05, 0.1) is 6.54 Å². The molecule has 2 amide bonds. The minimum absolute atomic E-state index is 0.0239. The van der Waals surface area contributed by atoms with Crippen LogP contribution in [0.5, 0.6) is 5.75 Å². The monoisotopic (exact) mass is 302 g/mol. The summed E-state index contributed by atoms with van der Waals surface area (Å²) >= 11 is 0. The molecule has 8 heteroatoms. The number of alkyl halides is 2. The molecule has 6 nitrogen and oxygen atoms in total. The van der Waals surface area contributed by atoms with E-state index in [1.807, 2.05) is 0 Å². The van der Waals surface area contributed by atoms with Gasteiger partial charge in [-0.1, -0.05) is 12.1 Å². The van der Waals surface area contributed by atoms with Crippen molar-refractivity contribution in [3.8, 4) is 5.75 Å². The van der Waals surface area contributed by atoms with Crippen LogP contribution >= 0.6 is 0 Å². The van der Waals surface area contributed by atoms with Crippen LogP contribution in [0.25, 0.3) is 0 Å². The lowest BCUT2D eigenvalue weighted by molar-refractivity contribution is -0.139. The fourth-order valence-electron chi connectivity index (χ4n) is 1.62. The maximum atomic E-state index is 12.2. The number of phenols is 1. The summed E-state index contributed by atoms with van der Waals surface area (Å²) in [6.07, 6.45) is -2.72. The molecule has 0 bridgehead atoms. The van der Waals surface area contributed by atoms with Crippen molar-refractivity contribution in [1.82, 2.24) is 10.2 Å². The lowest BCUT2D eigenvalue weighted by Gasteiger charge is -2.21. The highest BCUT2D eigenvalue weighted by Crippen LogP contribution is 2.11. The lowest BCUT2D eigenvalue weighted by Crippen LogP contribution is -2.48. The third-order valence-electron chi connectivity index (χ3n) is 2.73. The number of urea groups is 1. The van der Waals surface area contributed by atoms with Crippen LogP contribution in [0.4, 0.5) is 13.6 Å². The molecule has 1 aromatic carbocycles. The van der Waals surface area contributed by atoms with Gasteiger partial charge in [-0.05, 0) is 17.7 Å². The van der Waals surface area contributed by atoms with Crippen molar-refractivity contribution >= 4 is 12.0 Å². The summed E-state index contributed by atoms with van der Waals surface area (Å²) in [5, 5.41) is 20.4. The Morgan fingerprint density at radius 1 is 1.29 bits per heavy atom. The number of aromatic hydroxyl groups is 1. The van der Waals surface area contributed by atoms with E-state index in [1.54, 1.807) is 0 Å². The molecular formula is C13H16F2N2O4. The van der Waals surface area contributed by atoms with Crippen LogP contribution < -0.4 is 5.32 Å². The third kappa shape index (κ3) is 5.64. The first-order valence-electron chi connectivity index (χ1n) is 6.10. The predicted octanol–water partition coefficient (Wildman–Crippen LogP) is 1.29. The van der Waals surface area contributed by atoms with E-state index in [-0.39, 0.29) is 12.2 Å². The molecule has 0 unspecified atom stereocenters. The van der Waals surface area contributed by atoms with Crippen LogP contribution in [0.2, 0.25) is 0 Å². The van der Waals surface area contributed by atoms with E-state index >= 15 is 0 Å². The number of halogens is 2. The quantitative estimate of drug-likeness (QED) is 0.738. The second kappa shape index (κ2) is 7.41. The first-order chi connectivity index (χ1) is 9.79. The molecule has 0 heterocycles. The fraction of sp³-hybridized carbons (Fsp3) is 0.385. The number of nitrogens with zero attached hydrogens (tertiary/aromatic N) is 1. The number of hydrogen-bond donors (Lipinski definition) is 3. The van der Waals surface area contributed by atoms with E-state index in [1.165, 1.54) is 24.3 Å². The Hall–Kier alpha value is -2.38. The van der Waals surface area contributed by atoms with Crippen LogP contribution in [0.3, 0.4) is 0 Å². The second-order valence-corrected chi connectivity index (χ2v) is 4.48. The maximum absolute atomic E-state index is 12.2. The predicted molar refractivity (Wildman–Crippen MR) is 70.4 cm³/mol. The summed E-state index contributed by atoms with van der Waals surface area (Å²) in [4.78, 5) is 23.5. The van der Waals surface area contributed by atoms with Crippen LogP contribution in [0, 0.1) is 0 Å². The van der Waals surface area contributed by atoms with Gasteiger partial charge in [-0.2, -0.15) is 0 Å². The first kappa shape index (κ1) is 16.7. The summed E-state index contributed by atoms with van der Waals surface area (Å²) in [7, 11) is 1.15. The fourth-order valence-corrected chi connectivity index (χ4v) is 1.62. The van der Waals surface area contributed by atoms with Crippen molar-refractivity contribution in [2.75, 3.05) is 13.6 Å². The Labute approximate surface area is 120 Å². The van der Waals surface area contributed by atoms with Gasteiger partial charge in [-0.15, -0.1) is 0 Å². The van der Waals surface area contributed by atoms with Crippen LogP contribution in [0.1, 0.15) is 5.56 Å². The van der Waals surface area contributed by atoms with Crippen LogP contribution in [-0.4, -0.2) is 53.2 Å². The number of amides is 2. The molecule has 21 heavy (non-hydrogen) atoms. The Kier molecular flexibility index (Phi) is 5.89. The van der Waals surface area contributed by atoms with Crippen LogP contribution in [0.15, 0.2) is 24.3 Å². The normalized spacial score (nSPS) is 12.0. The molecule has 0 aliphatic heterocycles. The molecule has 0 fully saturated rings. The molecule has 0 radical (unpaired) electrons. The highest BCUT2D eigenvalue weighted by Gasteiger charge is 2.23. The highest BCUT2D eigenvalue weighted by molar-refractivity contribution is 5.82. The Morgan fingerprint density at radius 2 is 1.86 bits per heavy atom. The van der Waals surface area contributed by atoms with E-state index in [0.717, 1.165) is 11.9 Å². The van der Waals surface area contributed by atoms with Gasteiger partial charge in [-0.25, -0.2) is 18.4 Å². The molecular weight excluding hydrogens is 286 g/mol. The van der Waals surface area contributed by atoms with Gasteiger partial charge in [0.1, 0.15) is 11.8 Å². The van der Waals surface area contributed by atoms with Gasteiger partial charge in [0.2, 0.25) is 0 Å². The molecule has 1 rings (SSSR count). The van der Waals surface area contributed by atoms with E-state index < -0.39 is 31.0 Å². The number of aliphatic carboxylic acids is 1. The Bertz CT molecular complexity index is 493. The zero-order valence-electron chi connectivity index (χ0n) is 11.3. The average molecular weight is 302 g/mol. The molecule has 3 N–H and O–H groups in total. The Balaban J connectivity index is 2.67. The topological polar surface area (TPSA) is 89.9 Å². The van der Waals surface area contributed by atoms with Crippen molar-refractivity contribution < 1.29 is 28.6 Å². The Morgan fingerprint density at radius 3 is 2.33 bits per heavy atom. The number of carbonyl (C=O) groups excluding carboxylic acids is 1.